The smallest absolute Gasteiger partial charge is 0.227 e. The number of piperidine rings is 1. The van der Waals surface area contributed by atoms with Crippen LogP contribution in [0.25, 0.3) is 11.3 Å². The van der Waals surface area contributed by atoms with E-state index in [9.17, 15) is 4.79 Å². The van der Waals surface area contributed by atoms with E-state index in [2.05, 4.69) is 6.92 Å². The zero-order chi connectivity index (χ0) is 14.7. The van der Waals surface area contributed by atoms with E-state index in [1.165, 1.54) is 6.42 Å². The van der Waals surface area contributed by atoms with Crippen LogP contribution in [0.5, 0.6) is 0 Å². The molecule has 1 aromatic heterocycles. The van der Waals surface area contributed by atoms with Gasteiger partial charge >= 0.3 is 0 Å². The normalized spacial score (nSPS) is 18.7. The first-order valence-electron chi connectivity index (χ1n) is 7.66. The van der Waals surface area contributed by atoms with E-state index in [-0.39, 0.29) is 5.91 Å². The second-order valence-corrected chi connectivity index (χ2v) is 5.78. The Bertz CT molecular complexity index is 586. The second kappa shape index (κ2) is 6.17. The maximum absolute atomic E-state index is 12.4. The van der Waals surface area contributed by atoms with Crippen molar-refractivity contribution in [1.29, 1.82) is 0 Å². The van der Waals surface area contributed by atoms with Gasteiger partial charge in [-0.15, -0.1) is 0 Å². The third-order valence-corrected chi connectivity index (χ3v) is 4.24. The Hall–Kier alpha value is -2.03. The molecule has 2 heterocycles. The molecule has 1 amide bonds. The van der Waals surface area contributed by atoms with Crippen LogP contribution in [0.2, 0.25) is 0 Å². The summed E-state index contributed by atoms with van der Waals surface area (Å²) in [7, 11) is 0. The highest BCUT2D eigenvalue weighted by Crippen LogP contribution is 2.21. The van der Waals surface area contributed by atoms with E-state index >= 15 is 0 Å². The van der Waals surface area contributed by atoms with Gasteiger partial charge < -0.3 is 9.32 Å². The molecule has 0 radical (unpaired) electrons. The highest BCUT2D eigenvalue weighted by Gasteiger charge is 2.22. The van der Waals surface area contributed by atoms with Crippen molar-refractivity contribution < 1.29 is 9.21 Å². The second-order valence-electron chi connectivity index (χ2n) is 5.78. The standard InChI is InChI=1S/C18H21NO2/c1-14-5-2-3-11-19(14)18(20)13-15-7-9-16(10-8-15)17-6-4-12-21-17/h4,6-10,12,14H,2-3,5,11,13H2,1H3/t14-/m0/s1. The topological polar surface area (TPSA) is 33.5 Å². The van der Waals surface area contributed by atoms with Gasteiger partial charge in [0.1, 0.15) is 5.76 Å². The number of nitrogens with zero attached hydrogens (tertiary/aromatic N) is 1. The van der Waals surface area contributed by atoms with Gasteiger partial charge in [-0.1, -0.05) is 24.3 Å². The minimum Gasteiger partial charge on any atom is -0.464 e. The predicted octanol–water partition coefficient (Wildman–Crippen LogP) is 3.89. The van der Waals surface area contributed by atoms with Gasteiger partial charge in [0.15, 0.2) is 0 Å². The first-order chi connectivity index (χ1) is 10.2. The highest BCUT2D eigenvalue weighted by molar-refractivity contribution is 5.79. The fourth-order valence-electron chi connectivity index (χ4n) is 2.97. The number of likely N-dealkylation sites (tertiary alicyclic amines) is 1. The van der Waals surface area contributed by atoms with E-state index in [0.29, 0.717) is 12.5 Å². The van der Waals surface area contributed by atoms with E-state index in [4.69, 9.17) is 4.42 Å². The van der Waals surface area contributed by atoms with Crippen LogP contribution in [0.3, 0.4) is 0 Å². The summed E-state index contributed by atoms with van der Waals surface area (Å²) in [5.74, 6) is 1.10. The Morgan fingerprint density at radius 3 is 2.71 bits per heavy atom. The fourth-order valence-corrected chi connectivity index (χ4v) is 2.97. The van der Waals surface area contributed by atoms with Gasteiger partial charge in [0.2, 0.25) is 5.91 Å². The van der Waals surface area contributed by atoms with Crippen LogP contribution < -0.4 is 0 Å². The molecule has 0 unspecified atom stereocenters. The predicted molar refractivity (Wildman–Crippen MR) is 82.9 cm³/mol. The van der Waals surface area contributed by atoms with Crippen molar-refractivity contribution in [2.24, 2.45) is 0 Å². The number of carbonyl (C=O) groups excluding carboxylic acids is 1. The van der Waals surface area contributed by atoms with Crippen LogP contribution in [0.4, 0.5) is 0 Å². The van der Waals surface area contributed by atoms with E-state index in [0.717, 1.165) is 36.3 Å². The first-order valence-corrected chi connectivity index (χ1v) is 7.66. The molecular formula is C18H21NO2. The Labute approximate surface area is 125 Å². The molecule has 0 N–H and O–H groups in total. The summed E-state index contributed by atoms with van der Waals surface area (Å²) in [5.41, 5.74) is 2.11. The number of furan rings is 1. The number of carbonyl (C=O) groups is 1. The molecule has 21 heavy (non-hydrogen) atoms. The number of amides is 1. The SMILES string of the molecule is C[C@H]1CCCCN1C(=O)Cc1ccc(-c2ccco2)cc1. The Kier molecular flexibility index (Phi) is 4.09. The van der Waals surface area contributed by atoms with Crippen molar-refractivity contribution in [3.8, 4) is 11.3 Å². The lowest BCUT2D eigenvalue weighted by Gasteiger charge is -2.33. The van der Waals surface area contributed by atoms with Crippen molar-refractivity contribution in [3.05, 3.63) is 48.2 Å². The minimum absolute atomic E-state index is 0.243. The molecule has 3 nitrogen and oxygen atoms in total. The summed E-state index contributed by atoms with van der Waals surface area (Å²) in [6.45, 7) is 3.06. The number of rotatable bonds is 3. The van der Waals surface area contributed by atoms with Crippen LogP contribution in [0.15, 0.2) is 47.1 Å². The molecule has 3 heteroatoms. The molecular weight excluding hydrogens is 262 g/mol. The molecule has 1 atom stereocenters. The van der Waals surface area contributed by atoms with Crippen molar-refractivity contribution in [2.45, 2.75) is 38.6 Å². The molecule has 110 valence electrons. The maximum atomic E-state index is 12.4. The molecule has 1 fully saturated rings. The number of hydrogen-bond acceptors (Lipinski definition) is 2. The summed E-state index contributed by atoms with van der Waals surface area (Å²) in [4.78, 5) is 14.4. The van der Waals surface area contributed by atoms with Crippen molar-refractivity contribution >= 4 is 5.91 Å². The van der Waals surface area contributed by atoms with Gasteiger partial charge in [-0.25, -0.2) is 0 Å². The highest BCUT2D eigenvalue weighted by atomic mass is 16.3. The zero-order valence-corrected chi connectivity index (χ0v) is 12.4. The van der Waals surface area contributed by atoms with E-state index < -0.39 is 0 Å². The average Bonchev–Trinajstić information content (AvgIpc) is 3.02. The Balaban J connectivity index is 1.66. The van der Waals surface area contributed by atoms with Gasteiger partial charge in [-0.3, -0.25) is 4.79 Å². The lowest BCUT2D eigenvalue weighted by molar-refractivity contribution is -0.133. The molecule has 1 saturated heterocycles. The summed E-state index contributed by atoms with van der Waals surface area (Å²) < 4.78 is 5.37. The third-order valence-electron chi connectivity index (χ3n) is 4.24. The van der Waals surface area contributed by atoms with Crippen LogP contribution in [0, 0.1) is 0 Å². The summed E-state index contributed by atoms with van der Waals surface area (Å²) in [6, 6.07) is 12.3. The molecule has 0 aliphatic carbocycles. The molecule has 0 saturated carbocycles. The third kappa shape index (κ3) is 3.18. The van der Waals surface area contributed by atoms with Crippen LogP contribution >= 0.6 is 0 Å². The molecule has 0 spiro atoms. The molecule has 1 aromatic carbocycles. The quantitative estimate of drug-likeness (QED) is 0.856. The summed E-state index contributed by atoms with van der Waals surface area (Å²) >= 11 is 0. The van der Waals surface area contributed by atoms with Gasteiger partial charge in [0, 0.05) is 18.2 Å². The average molecular weight is 283 g/mol. The number of hydrogen-bond donors (Lipinski definition) is 0. The Morgan fingerprint density at radius 1 is 1.24 bits per heavy atom. The summed E-state index contributed by atoms with van der Waals surface area (Å²) in [5, 5.41) is 0. The van der Waals surface area contributed by atoms with Gasteiger partial charge in [0.25, 0.3) is 0 Å². The van der Waals surface area contributed by atoms with Gasteiger partial charge in [-0.2, -0.15) is 0 Å². The summed E-state index contributed by atoms with van der Waals surface area (Å²) in [6.07, 6.45) is 5.66. The lowest BCUT2D eigenvalue weighted by Crippen LogP contribution is -2.42. The molecule has 2 aromatic rings. The van der Waals surface area contributed by atoms with Crippen LogP contribution in [-0.4, -0.2) is 23.4 Å². The molecule has 1 aliphatic heterocycles. The first kappa shape index (κ1) is 13.9. The minimum atomic E-state index is 0.243. The lowest BCUT2D eigenvalue weighted by atomic mass is 10.0. The molecule has 0 bridgehead atoms. The zero-order valence-electron chi connectivity index (χ0n) is 12.4. The van der Waals surface area contributed by atoms with Gasteiger partial charge in [-0.05, 0) is 43.9 Å². The van der Waals surface area contributed by atoms with Crippen molar-refractivity contribution in [3.63, 3.8) is 0 Å². The van der Waals surface area contributed by atoms with E-state index in [1.54, 1.807) is 6.26 Å². The Morgan fingerprint density at radius 2 is 2.05 bits per heavy atom. The van der Waals surface area contributed by atoms with Crippen molar-refractivity contribution in [2.75, 3.05) is 6.54 Å². The van der Waals surface area contributed by atoms with Crippen LogP contribution in [0.1, 0.15) is 31.7 Å². The van der Waals surface area contributed by atoms with Gasteiger partial charge in [0.05, 0.1) is 12.7 Å². The largest absolute Gasteiger partial charge is 0.464 e. The van der Waals surface area contributed by atoms with E-state index in [1.807, 2.05) is 41.3 Å². The van der Waals surface area contributed by atoms with Crippen LogP contribution in [-0.2, 0) is 11.2 Å². The van der Waals surface area contributed by atoms with Crippen molar-refractivity contribution in [1.82, 2.24) is 4.90 Å². The monoisotopic (exact) mass is 283 g/mol. The number of benzene rings is 1. The molecule has 1 aliphatic rings. The maximum Gasteiger partial charge on any atom is 0.227 e. The molecule has 3 rings (SSSR count). The fraction of sp³-hybridized carbons (Fsp3) is 0.389.